The molecule has 3 nitrogen and oxygen atoms in total. The van der Waals surface area contributed by atoms with Crippen molar-refractivity contribution in [3.05, 3.63) is 35.4 Å². The molecule has 1 N–H and O–H groups in total. The van der Waals surface area contributed by atoms with Gasteiger partial charge in [0.05, 0.1) is 12.7 Å². The number of ether oxygens (including phenoxy) is 1. The van der Waals surface area contributed by atoms with Gasteiger partial charge >= 0.3 is 0 Å². The Labute approximate surface area is 127 Å². The van der Waals surface area contributed by atoms with Gasteiger partial charge in [0.15, 0.2) is 0 Å². The van der Waals surface area contributed by atoms with Crippen molar-refractivity contribution in [3.63, 3.8) is 0 Å². The van der Waals surface area contributed by atoms with Crippen LogP contribution in [0.1, 0.15) is 42.9 Å². The molecule has 1 atom stereocenters. The molecule has 1 aromatic carbocycles. The summed E-state index contributed by atoms with van der Waals surface area (Å²) in [6, 6.07) is 8.85. The smallest absolute Gasteiger partial charge is 0.0954 e. The van der Waals surface area contributed by atoms with Gasteiger partial charge in [-0.25, -0.2) is 0 Å². The molecule has 1 saturated heterocycles. The first-order chi connectivity index (χ1) is 10.4. The molecule has 0 aromatic heterocycles. The highest BCUT2D eigenvalue weighted by Gasteiger charge is 2.42. The fourth-order valence-electron chi connectivity index (χ4n) is 4.52. The van der Waals surface area contributed by atoms with Gasteiger partial charge in [0, 0.05) is 31.7 Å². The van der Waals surface area contributed by atoms with Crippen molar-refractivity contribution in [1.29, 1.82) is 0 Å². The van der Waals surface area contributed by atoms with Crippen LogP contribution in [0.4, 0.5) is 0 Å². The Morgan fingerprint density at radius 2 is 2.10 bits per heavy atom. The van der Waals surface area contributed by atoms with Crippen LogP contribution in [-0.4, -0.2) is 43.2 Å². The highest BCUT2D eigenvalue weighted by atomic mass is 16.5. The van der Waals surface area contributed by atoms with Crippen LogP contribution in [0.2, 0.25) is 0 Å². The van der Waals surface area contributed by atoms with Crippen LogP contribution < -0.4 is 5.32 Å². The molecule has 0 bridgehead atoms. The molecular weight excluding hydrogens is 260 g/mol. The fourth-order valence-corrected chi connectivity index (χ4v) is 4.52. The van der Waals surface area contributed by atoms with Crippen molar-refractivity contribution in [2.24, 2.45) is 0 Å². The molecule has 3 aliphatic rings. The average molecular weight is 286 g/mol. The SMILES string of the molecule is c1ccc2c(c1)CCOC2CN1CCNCC12CCCC2. The molecule has 2 aliphatic heterocycles. The third-order valence-corrected chi connectivity index (χ3v) is 5.70. The topological polar surface area (TPSA) is 24.5 Å². The second-order valence-electron chi connectivity index (χ2n) is 6.86. The van der Waals surface area contributed by atoms with E-state index in [9.17, 15) is 0 Å². The molecule has 3 heteroatoms. The maximum Gasteiger partial charge on any atom is 0.0954 e. The molecule has 1 spiro atoms. The number of hydrogen-bond donors (Lipinski definition) is 1. The van der Waals surface area contributed by atoms with Gasteiger partial charge in [-0.15, -0.1) is 0 Å². The van der Waals surface area contributed by atoms with Crippen molar-refractivity contribution >= 4 is 0 Å². The van der Waals surface area contributed by atoms with Crippen molar-refractivity contribution in [3.8, 4) is 0 Å². The van der Waals surface area contributed by atoms with Gasteiger partial charge in [0.25, 0.3) is 0 Å². The molecule has 114 valence electrons. The Bertz CT molecular complexity index is 496. The zero-order valence-corrected chi connectivity index (χ0v) is 12.8. The van der Waals surface area contributed by atoms with Gasteiger partial charge in [0.1, 0.15) is 0 Å². The van der Waals surface area contributed by atoms with Crippen LogP contribution in [0.5, 0.6) is 0 Å². The molecule has 1 saturated carbocycles. The van der Waals surface area contributed by atoms with Gasteiger partial charge in [-0.05, 0) is 30.4 Å². The Hall–Kier alpha value is -0.900. The summed E-state index contributed by atoms with van der Waals surface area (Å²) in [7, 11) is 0. The van der Waals surface area contributed by atoms with E-state index < -0.39 is 0 Å². The monoisotopic (exact) mass is 286 g/mol. The van der Waals surface area contributed by atoms with Crippen molar-refractivity contribution in [2.45, 2.75) is 43.7 Å². The number of hydrogen-bond acceptors (Lipinski definition) is 3. The average Bonchev–Trinajstić information content (AvgIpc) is 2.99. The van der Waals surface area contributed by atoms with Crippen LogP contribution in [-0.2, 0) is 11.2 Å². The summed E-state index contributed by atoms with van der Waals surface area (Å²) in [6.07, 6.45) is 6.83. The standard InChI is InChI=1S/C18H26N2O/c1-2-6-16-15(5-1)7-12-21-17(16)13-20-11-10-19-14-18(20)8-3-4-9-18/h1-2,5-6,17,19H,3-4,7-14H2. The molecule has 2 heterocycles. The third kappa shape index (κ3) is 2.52. The lowest BCUT2D eigenvalue weighted by molar-refractivity contribution is -0.0250. The zero-order chi connectivity index (χ0) is 14.1. The van der Waals surface area contributed by atoms with Crippen LogP contribution in [0.15, 0.2) is 24.3 Å². The molecular formula is C18H26N2O. The van der Waals surface area contributed by atoms with Gasteiger partial charge in [-0.2, -0.15) is 0 Å². The lowest BCUT2D eigenvalue weighted by Crippen LogP contribution is -2.60. The van der Waals surface area contributed by atoms with Gasteiger partial charge in [0.2, 0.25) is 0 Å². The van der Waals surface area contributed by atoms with Crippen LogP contribution in [0, 0.1) is 0 Å². The molecule has 0 amide bonds. The Kier molecular flexibility index (Phi) is 3.74. The van der Waals surface area contributed by atoms with Crippen LogP contribution in [0.25, 0.3) is 0 Å². The summed E-state index contributed by atoms with van der Waals surface area (Å²) in [5.41, 5.74) is 3.33. The van der Waals surface area contributed by atoms with Crippen LogP contribution in [0.3, 0.4) is 0 Å². The van der Waals surface area contributed by atoms with Crippen molar-refractivity contribution < 1.29 is 4.74 Å². The Morgan fingerprint density at radius 1 is 1.24 bits per heavy atom. The van der Waals surface area contributed by atoms with E-state index in [2.05, 4.69) is 34.5 Å². The normalized spacial score (nSPS) is 28.7. The summed E-state index contributed by atoms with van der Waals surface area (Å²) in [5, 5.41) is 3.62. The molecule has 2 fully saturated rings. The molecule has 1 aromatic rings. The largest absolute Gasteiger partial charge is 0.372 e. The lowest BCUT2D eigenvalue weighted by Gasteiger charge is -2.47. The van der Waals surface area contributed by atoms with Gasteiger partial charge in [-0.3, -0.25) is 4.90 Å². The van der Waals surface area contributed by atoms with E-state index in [1.807, 2.05) is 0 Å². The second-order valence-corrected chi connectivity index (χ2v) is 6.86. The highest BCUT2D eigenvalue weighted by molar-refractivity contribution is 5.31. The highest BCUT2D eigenvalue weighted by Crippen LogP contribution is 2.38. The van der Waals surface area contributed by atoms with Gasteiger partial charge in [-0.1, -0.05) is 37.1 Å². The Morgan fingerprint density at radius 3 is 3.00 bits per heavy atom. The number of nitrogens with zero attached hydrogens (tertiary/aromatic N) is 1. The van der Waals surface area contributed by atoms with Gasteiger partial charge < -0.3 is 10.1 Å². The molecule has 21 heavy (non-hydrogen) atoms. The molecule has 4 rings (SSSR count). The maximum absolute atomic E-state index is 6.15. The van der Waals surface area contributed by atoms with E-state index >= 15 is 0 Å². The minimum absolute atomic E-state index is 0.269. The summed E-state index contributed by atoms with van der Waals surface area (Å²) in [6.45, 7) is 5.40. The predicted molar refractivity (Wildman–Crippen MR) is 84.5 cm³/mol. The quantitative estimate of drug-likeness (QED) is 0.904. The van der Waals surface area contributed by atoms with E-state index in [-0.39, 0.29) is 6.10 Å². The Balaban J connectivity index is 1.55. The van der Waals surface area contributed by atoms with E-state index in [0.29, 0.717) is 5.54 Å². The summed E-state index contributed by atoms with van der Waals surface area (Å²) < 4.78 is 6.15. The summed E-state index contributed by atoms with van der Waals surface area (Å²) in [5.74, 6) is 0. The number of fused-ring (bicyclic) bond motifs is 1. The lowest BCUT2D eigenvalue weighted by atomic mass is 9.90. The zero-order valence-electron chi connectivity index (χ0n) is 12.8. The third-order valence-electron chi connectivity index (χ3n) is 5.70. The molecule has 1 unspecified atom stereocenters. The van der Waals surface area contributed by atoms with E-state index in [1.54, 1.807) is 0 Å². The van der Waals surface area contributed by atoms with Crippen molar-refractivity contribution in [2.75, 3.05) is 32.8 Å². The first-order valence-electron chi connectivity index (χ1n) is 8.53. The van der Waals surface area contributed by atoms with E-state index in [4.69, 9.17) is 4.74 Å². The van der Waals surface area contributed by atoms with Crippen LogP contribution >= 0.6 is 0 Å². The fraction of sp³-hybridized carbons (Fsp3) is 0.667. The van der Waals surface area contributed by atoms with E-state index in [0.717, 1.165) is 26.1 Å². The molecule has 1 aliphatic carbocycles. The number of piperazine rings is 1. The molecule has 0 radical (unpaired) electrons. The minimum Gasteiger partial charge on any atom is -0.372 e. The minimum atomic E-state index is 0.269. The predicted octanol–water partition coefficient (Wildman–Crippen LogP) is 2.52. The summed E-state index contributed by atoms with van der Waals surface area (Å²) in [4.78, 5) is 2.74. The number of benzene rings is 1. The number of rotatable bonds is 2. The second kappa shape index (κ2) is 5.71. The van der Waals surface area contributed by atoms with E-state index in [1.165, 1.54) is 49.9 Å². The van der Waals surface area contributed by atoms with Crippen molar-refractivity contribution in [1.82, 2.24) is 10.2 Å². The number of nitrogens with one attached hydrogen (secondary N) is 1. The maximum atomic E-state index is 6.15. The first kappa shape index (κ1) is 13.7. The summed E-state index contributed by atoms with van der Waals surface area (Å²) >= 11 is 0. The first-order valence-corrected chi connectivity index (χ1v) is 8.53.